The molecule has 0 radical (unpaired) electrons. The van der Waals surface area contributed by atoms with Gasteiger partial charge in [-0.25, -0.2) is 4.98 Å². The first kappa shape index (κ1) is 10.7. The molecule has 0 amide bonds. The van der Waals surface area contributed by atoms with Gasteiger partial charge in [-0.2, -0.15) is 0 Å². The van der Waals surface area contributed by atoms with Gasteiger partial charge in [-0.1, -0.05) is 0 Å². The molecule has 1 saturated carbocycles. The molecule has 1 aliphatic carbocycles. The van der Waals surface area contributed by atoms with Gasteiger partial charge < -0.3 is 10.1 Å². The third-order valence-corrected chi connectivity index (χ3v) is 4.18. The van der Waals surface area contributed by atoms with Crippen molar-refractivity contribution >= 4 is 11.3 Å². The van der Waals surface area contributed by atoms with Crippen molar-refractivity contribution in [1.82, 2.24) is 10.3 Å². The van der Waals surface area contributed by atoms with Crippen molar-refractivity contribution in [2.75, 3.05) is 13.2 Å². The molecule has 1 aromatic rings. The van der Waals surface area contributed by atoms with E-state index in [-0.39, 0.29) is 6.10 Å². The summed E-state index contributed by atoms with van der Waals surface area (Å²) in [6.45, 7) is 4.03. The molecule has 1 saturated heterocycles. The van der Waals surface area contributed by atoms with Gasteiger partial charge in [-0.05, 0) is 26.2 Å². The second kappa shape index (κ2) is 4.43. The first-order chi connectivity index (χ1) is 7.83. The van der Waals surface area contributed by atoms with E-state index in [1.54, 1.807) is 11.3 Å². The summed E-state index contributed by atoms with van der Waals surface area (Å²) in [7, 11) is 0. The number of hydrogen-bond donors (Lipinski definition) is 1. The van der Waals surface area contributed by atoms with Crippen molar-refractivity contribution in [3.8, 4) is 0 Å². The summed E-state index contributed by atoms with van der Waals surface area (Å²) in [5, 5.41) is 6.89. The average molecular weight is 238 g/mol. The number of aromatic nitrogens is 1. The predicted molar refractivity (Wildman–Crippen MR) is 64.7 cm³/mol. The summed E-state index contributed by atoms with van der Waals surface area (Å²) < 4.78 is 5.82. The second-order valence-electron chi connectivity index (χ2n) is 4.81. The Morgan fingerprint density at radius 1 is 1.50 bits per heavy atom. The van der Waals surface area contributed by atoms with E-state index >= 15 is 0 Å². The van der Waals surface area contributed by atoms with Gasteiger partial charge in [-0.3, -0.25) is 0 Å². The third kappa shape index (κ3) is 2.29. The highest BCUT2D eigenvalue weighted by Crippen LogP contribution is 2.35. The summed E-state index contributed by atoms with van der Waals surface area (Å²) in [6, 6.07) is 0.790. The van der Waals surface area contributed by atoms with Crippen LogP contribution in [-0.4, -0.2) is 24.2 Å². The maximum atomic E-state index is 5.82. The quantitative estimate of drug-likeness (QED) is 0.874. The second-order valence-corrected chi connectivity index (χ2v) is 5.88. The largest absolute Gasteiger partial charge is 0.372 e. The molecule has 3 rings (SSSR count). The Labute approximate surface area is 100 Å². The van der Waals surface area contributed by atoms with Gasteiger partial charge >= 0.3 is 0 Å². The molecule has 2 aliphatic rings. The minimum atomic E-state index is 0.233. The normalized spacial score (nSPS) is 29.8. The van der Waals surface area contributed by atoms with Crippen LogP contribution >= 0.6 is 11.3 Å². The zero-order valence-corrected chi connectivity index (χ0v) is 10.4. The molecule has 1 N–H and O–H groups in total. The van der Waals surface area contributed by atoms with Crippen LogP contribution in [0.2, 0.25) is 0 Å². The van der Waals surface area contributed by atoms with Crippen molar-refractivity contribution in [2.45, 2.75) is 38.3 Å². The first-order valence-electron chi connectivity index (χ1n) is 6.10. The third-order valence-electron chi connectivity index (χ3n) is 3.39. The fourth-order valence-corrected chi connectivity index (χ4v) is 2.92. The van der Waals surface area contributed by atoms with Gasteiger partial charge in [0.1, 0.15) is 6.10 Å². The summed E-state index contributed by atoms with van der Waals surface area (Å²) in [4.78, 5) is 4.55. The molecule has 3 nitrogen and oxygen atoms in total. The van der Waals surface area contributed by atoms with Gasteiger partial charge in [0, 0.05) is 30.5 Å². The van der Waals surface area contributed by atoms with Crippen molar-refractivity contribution < 1.29 is 4.74 Å². The van der Waals surface area contributed by atoms with Gasteiger partial charge in [-0.15, -0.1) is 11.3 Å². The summed E-state index contributed by atoms with van der Waals surface area (Å²) >= 11 is 1.72. The average Bonchev–Trinajstić information content (AvgIpc) is 2.82. The standard InChI is InChI=1S/C12H18N2OS/c1-8-14-11(7-16-8)12-9(4-5-15-12)6-13-10-2-3-10/h7,9-10,12-13H,2-6H2,1H3. The molecule has 1 aliphatic heterocycles. The van der Waals surface area contributed by atoms with Crippen LogP contribution in [0.1, 0.15) is 36.1 Å². The van der Waals surface area contributed by atoms with Gasteiger partial charge in [0.2, 0.25) is 0 Å². The first-order valence-corrected chi connectivity index (χ1v) is 6.98. The summed E-state index contributed by atoms with van der Waals surface area (Å²) in [5.74, 6) is 0.613. The van der Waals surface area contributed by atoms with Crippen molar-refractivity contribution in [3.63, 3.8) is 0 Å². The van der Waals surface area contributed by atoms with Crippen LogP contribution in [0.3, 0.4) is 0 Å². The van der Waals surface area contributed by atoms with Crippen LogP contribution in [-0.2, 0) is 4.74 Å². The minimum absolute atomic E-state index is 0.233. The number of ether oxygens (including phenoxy) is 1. The van der Waals surface area contributed by atoms with E-state index in [0.29, 0.717) is 5.92 Å². The van der Waals surface area contributed by atoms with E-state index in [2.05, 4.69) is 22.6 Å². The molecule has 2 atom stereocenters. The van der Waals surface area contributed by atoms with E-state index < -0.39 is 0 Å². The highest BCUT2D eigenvalue weighted by molar-refractivity contribution is 7.09. The van der Waals surface area contributed by atoms with Crippen molar-refractivity contribution in [3.05, 3.63) is 16.1 Å². The zero-order chi connectivity index (χ0) is 11.0. The fourth-order valence-electron chi connectivity index (χ4n) is 2.29. The maximum Gasteiger partial charge on any atom is 0.104 e. The van der Waals surface area contributed by atoms with Crippen molar-refractivity contribution in [1.29, 1.82) is 0 Å². The lowest BCUT2D eigenvalue weighted by Crippen LogP contribution is -2.26. The molecule has 0 aromatic carbocycles. The van der Waals surface area contributed by atoms with Crippen LogP contribution in [0.15, 0.2) is 5.38 Å². The highest BCUT2D eigenvalue weighted by Gasteiger charge is 2.32. The van der Waals surface area contributed by atoms with Gasteiger partial charge in [0.15, 0.2) is 0 Å². The summed E-state index contributed by atoms with van der Waals surface area (Å²) in [6.07, 6.45) is 4.11. The van der Waals surface area contributed by atoms with Crippen LogP contribution in [0.4, 0.5) is 0 Å². The smallest absolute Gasteiger partial charge is 0.104 e. The van der Waals surface area contributed by atoms with Crippen LogP contribution in [0.25, 0.3) is 0 Å². The lowest BCUT2D eigenvalue weighted by Gasteiger charge is -2.17. The molecular weight excluding hydrogens is 220 g/mol. The Bertz CT molecular complexity index is 362. The molecule has 16 heavy (non-hydrogen) atoms. The number of nitrogens with one attached hydrogen (secondary N) is 1. The maximum absolute atomic E-state index is 5.82. The molecule has 0 bridgehead atoms. The molecule has 2 heterocycles. The van der Waals surface area contributed by atoms with Gasteiger partial charge in [0.05, 0.1) is 10.7 Å². The molecule has 88 valence electrons. The van der Waals surface area contributed by atoms with E-state index in [0.717, 1.165) is 29.9 Å². The topological polar surface area (TPSA) is 34.1 Å². The number of aryl methyl sites for hydroxylation is 1. The number of rotatable bonds is 4. The SMILES string of the molecule is Cc1nc(C2OCCC2CNC2CC2)cs1. The van der Waals surface area contributed by atoms with Crippen LogP contribution in [0.5, 0.6) is 0 Å². The Morgan fingerprint density at radius 3 is 3.06 bits per heavy atom. The molecule has 1 aromatic heterocycles. The molecule has 4 heteroatoms. The molecule has 2 fully saturated rings. The zero-order valence-electron chi connectivity index (χ0n) is 9.61. The predicted octanol–water partition coefficient (Wildman–Crippen LogP) is 2.28. The van der Waals surface area contributed by atoms with E-state index in [9.17, 15) is 0 Å². The van der Waals surface area contributed by atoms with Crippen molar-refractivity contribution in [2.24, 2.45) is 5.92 Å². The molecule has 2 unspecified atom stereocenters. The lowest BCUT2D eigenvalue weighted by atomic mass is 9.99. The lowest BCUT2D eigenvalue weighted by molar-refractivity contribution is 0.0874. The Hall–Kier alpha value is -0.450. The molecular formula is C12H18N2OS. The number of thiazole rings is 1. The monoisotopic (exact) mass is 238 g/mol. The van der Waals surface area contributed by atoms with Crippen LogP contribution < -0.4 is 5.32 Å². The minimum Gasteiger partial charge on any atom is -0.372 e. The highest BCUT2D eigenvalue weighted by atomic mass is 32.1. The Balaban J connectivity index is 1.63. The number of nitrogens with zero attached hydrogens (tertiary/aromatic N) is 1. The van der Waals surface area contributed by atoms with Gasteiger partial charge in [0.25, 0.3) is 0 Å². The fraction of sp³-hybridized carbons (Fsp3) is 0.750. The Kier molecular flexibility index (Phi) is 2.96. The molecule has 0 spiro atoms. The van der Waals surface area contributed by atoms with E-state index in [4.69, 9.17) is 4.74 Å². The summed E-state index contributed by atoms with van der Waals surface area (Å²) in [5.41, 5.74) is 1.14. The van der Waals surface area contributed by atoms with Crippen LogP contribution in [0, 0.1) is 12.8 Å². The van der Waals surface area contributed by atoms with E-state index in [1.165, 1.54) is 19.3 Å². The Morgan fingerprint density at radius 2 is 2.38 bits per heavy atom. The number of hydrogen-bond acceptors (Lipinski definition) is 4. The van der Waals surface area contributed by atoms with E-state index in [1.807, 2.05) is 0 Å².